The van der Waals surface area contributed by atoms with Crippen molar-refractivity contribution >= 4 is 44.1 Å². The van der Waals surface area contributed by atoms with Gasteiger partial charge in [-0.05, 0) is 37.1 Å². The number of nitrogen functional groups attached to an aromatic ring is 1. The molecule has 20 heavy (non-hydrogen) atoms. The molecule has 3 aromatic rings. The standard InChI is InChI=1S/C15H14N2O2S/c1-7-4-8(2)9-6-10-12(16)13(15(18)19-3)20-14(10)17-11(9)5-7/h4-6H,16H2,1-3H3. The van der Waals surface area contributed by atoms with E-state index in [4.69, 9.17) is 10.5 Å². The van der Waals surface area contributed by atoms with Crippen molar-refractivity contribution in [2.24, 2.45) is 0 Å². The number of methoxy groups -OCH3 is 1. The Kier molecular flexibility index (Phi) is 2.87. The highest BCUT2D eigenvalue weighted by Gasteiger charge is 2.18. The Morgan fingerprint density at radius 3 is 2.70 bits per heavy atom. The van der Waals surface area contributed by atoms with Gasteiger partial charge in [0.1, 0.15) is 9.71 Å². The normalized spacial score (nSPS) is 11.2. The number of rotatable bonds is 1. The zero-order chi connectivity index (χ0) is 14.4. The lowest BCUT2D eigenvalue weighted by Crippen LogP contribution is -2.01. The van der Waals surface area contributed by atoms with E-state index in [-0.39, 0.29) is 0 Å². The molecule has 4 nitrogen and oxygen atoms in total. The van der Waals surface area contributed by atoms with Crippen LogP contribution in [0, 0.1) is 13.8 Å². The van der Waals surface area contributed by atoms with Gasteiger partial charge in [0.05, 0.1) is 18.3 Å². The molecule has 2 aromatic heterocycles. The van der Waals surface area contributed by atoms with Crippen molar-refractivity contribution in [3.05, 3.63) is 34.2 Å². The first-order valence-electron chi connectivity index (χ1n) is 6.19. The van der Waals surface area contributed by atoms with E-state index in [1.54, 1.807) is 0 Å². The summed E-state index contributed by atoms with van der Waals surface area (Å²) in [5.41, 5.74) is 9.75. The summed E-state index contributed by atoms with van der Waals surface area (Å²) in [6.45, 7) is 4.09. The van der Waals surface area contributed by atoms with Crippen LogP contribution in [0.2, 0.25) is 0 Å². The molecule has 0 aliphatic rings. The number of anilines is 1. The monoisotopic (exact) mass is 286 g/mol. The topological polar surface area (TPSA) is 65.2 Å². The van der Waals surface area contributed by atoms with Crippen LogP contribution in [0.15, 0.2) is 18.2 Å². The number of fused-ring (bicyclic) bond motifs is 2. The third-order valence-corrected chi connectivity index (χ3v) is 4.45. The molecule has 1 aromatic carbocycles. The van der Waals surface area contributed by atoms with Crippen molar-refractivity contribution in [1.82, 2.24) is 4.98 Å². The predicted molar refractivity (Wildman–Crippen MR) is 82.4 cm³/mol. The van der Waals surface area contributed by atoms with Gasteiger partial charge in [0.2, 0.25) is 0 Å². The zero-order valence-corrected chi connectivity index (χ0v) is 12.3. The summed E-state index contributed by atoms with van der Waals surface area (Å²) < 4.78 is 4.75. The Balaban J connectivity index is 2.38. The molecule has 5 heteroatoms. The van der Waals surface area contributed by atoms with Gasteiger partial charge in [0.25, 0.3) is 0 Å². The number of thiophene rings is 1. The quantitative estimate of drug-likeness (QED) is 0.696. The summed E-state index contributed by atoms with van der Waals surface area (Å²) in [6.07, 6.45) is 0. The average molecular weight is 286 g/mol. The van der Waals surface area contributed by atoms with E-state index in [1.807, 2.05) is 26.0 Å². The first-order chi connectivity index (χ1) is 9.51. The summed E-state index contributed by atoms with van der Waals surface area (Å²) in [6, 6.07) is 6.15. The minimum Gasteiger partial charge on any atom is -0.465 e. The molecule has 0 aliphatic carbocycles. The molecule has 0 fully saturated rings. The molecular formula is C15H14N2O2S. The van der Waals surface area contributed by atoms with Crippen LogP contribution in [0.4, 0.5) is 5.69 Å². The molecular weight excluding hydrogens is 272 g/mol. The van der Waals surface area contributed by atoms with Gasteiger partial charge in [-0.3, -0.25) is 0 Å². The van der Waals surface area contributed by atoms with Gasteiger partial charge in [0, 0.05) is 10.8 Å². The fraction of sp³-hybridized carbons (Fsp3) is 0.200. The first kappa shape index (κ1) is 12.9. The van der Waals surface area contributed by atoms with Gasteiger partial charge in [0.15, 0.2) is 0 Å². The number of carbonyl (C=O) groups is 1. The van der Waals surface area contributed by atoms with E-state index in [2.05, 4.69) is 11.1 Å². The Morgan fingerprint density at radius 2 is 2.00 bits per heavy atom. The van der Waals surface area contributed by atoms with Crippen molar-refractivity contribution in [3.63, 3.8) is 0 Å². The zero-order valence-electron chi connectivity index (χ0n) is 11.5. The SMILES string of the molecule is COC(=O)c1sc2nc3cc(C)cc(C)c3cc2c1N. The summed E-state index contributed by atoms with van der Waals surface area (Å²) in [5, 5.41) is 1.87. The summed E-state index contributed by atoms with van der Waals surface area (Å²) in [5.74, 6) is -0.414. The van der Waals surface area contributed by atoms with Gasteiger partial charge in [-0.1, -0.05) is 6.07 Å². The molecule has 0 amide bonds. The second kappa shape index (κ2) is 4.45. The highest BCUT2D eigenvalue weighted by molar-refractivity contribution is 7.21. The fourth-order valence-corrected chi connectivity index (χ4v) is 3.40. The second-order valence-corrected chi connectivity index (χ2v) is 5.83. The van der Waals surface area contributed by atoms with E-state index < -0.39 is 5.97 Å². The fourth-order valence-electron chi connectivity index (χ4n) is 2.40. The van der Waals surface area contributed by atoms with Crippen molar-refractivity contribution in [1.29, 1.82) is 0 Å². The number of nitrogens with zero attached hydrogens (tertiary/aromatic N) is 1. The first-order valence-corrected chi connectivity index (χ1v) is 7.01. The largest absolute Gasteiger partial charge is 0.465 e. The highest BCUT2D eigenvalue weighted by atomic mass is 32.1. The summed E-state index contributed by atoms with van der Waals surface area (Å²) >= 11 is 1.27. The molecule has 3 rings (SSSR count). The molecule has 2 N–H and O–H groups in total. The number of benzene rings is 1. The number of nitrogens with two attached hydrogens (primary N) is 1. The van der Waals surface area contributed by atoms with Crippen molar-refractivity contribution in [2.45, 2.75) is 13.8 Å². The number of carbonyl (C=O) groups excluding carboxylic acids is 1. The van der Waals surface area contributed by atoms with E-state index in [1.165, 1.54) is 24.0 Å². The number of aromatic nitrogens is 1. The molecule has 0 spiro atoms. The molecule has 0 saturated heterocycles. The lowest BCUT2D eigenvalue weighted by atomic mass is 10.1. The Bertz CT molecular complexity index is 852. The molecule has 2 heterocycles. The molecule has 0 bridgehead atoms. The Morgan fingerprint density at radius 1 is 1.25 bits per heavy atom. The van der Waals surface area contributed by atoms with E-state index in [9.17, 15) is 4.79 Å². The second-order valence-electron chi connectivity index (χ2n) is 4.83. The van der Waals surface area contributed by atoms with Crippen LogP contribution in [-0.2, 0) is 4.74 Å². The van der Waals surface area contributed by atoms with Gasteiger partial charge in [-0.2, -0.15) is 0 Å². The average Bonchev–Trinajstić information content (AvgIpc) is 2.73. The van der Waals surface area contributed by atoms with Crippen LogP contribution < -0.4 is 5.73 Å². The number of pyridine rings is 1. The molecule has 0 unspecified atom stereocenters. The Hall–Kier alpha value is -2.14. The highest BCUT2D eigenvalue weighted by Crippen LogP contribution is 2.35. The maximum absolute atomic E-state index is 11.7. The maximum atomic E-state index is 11.7. The molecule has 0 aliphatic heterocycles. The lowest BCUT2D eigenvalue weighted by Gasteiger charge is -2.04. The summed E-state index contributed by atoms with van der Waals surface area (Å²) in [7, 11) is 1.35. The Labute approximate surface area is 120 Å². The van der Waals surface area contributed by atoms with Crippen LogP contribution in [0.3, 0.4) is 0 Å². The van der Waals surface area contributed by atoms with Crippen LogP contribution in [-0.4, -0.2) is 18.1 Å². The van der Waals surface area contributed by atoms with Crippen molar-refractivity contribution in [3.8, 4) is 0 Å². The van der Waals surface area contributed by atoms with Crippen LogP contribution in [0.5, 0.6) is 0 Å². The van der Waals surface area contributed by atoms with E-state index >= 15 is 0 Å². The lowest BCUT2D eigenvalue weighted by molar-refractivity contribution is 0.0607. The number of esters is 1. The van der Waals surface area contributed by atoms with Crippen LogP contribution >= 0.6 is 11.3 Å². The van der Waals surface area contributed by atoms with Crippen LogP contribution in [0.1, 0.15) is 20.8 Å². The molecule has 0 radical (unpaired) electrons. The van der Waals surface area contributed by atoms with Crippen LogP contribution in [0.25, 0.3) is 21.1 Å². The molecule has 0 atom stereocenters. The van der Waals surface area contributed by atoms with Gasteiger partial charge in [-0.15, -0.1) is 11.3 Å². The smallest absolute Gasteiger partial charge is 0.350 e. The number of hydrogen-bond acceptors (Lipinski definition) is 5. The predicted octanol–water partition coefficient (Wildman–Crippen LogP) is 3.44. The van der Waals surface area contributed by atoms with Gasteiger partial charge in [-0.25, -0.2) is 9.78 Å². The van der Waals surface area contributed by atoms with Crippen molar-refractivity contribution in [2.75, 3.05) is 12.8 Å². The minimum absolute atomic E-state index is 0.414. The summed E-state index contributed by atoms with van der Waals surface area (Å²) in [4.78, 5) is 17.5. The van der Waals surface area contributed by atoms with Crippen molar-refractivity contribution < 1.29 is 9.53 Å². The molecule has 0 saturated carbocycles. The van der Waals surface area contributed by atoms with E-state index in [0.717, 1.165) is 26.7 Å². The van der Waals surface area contributed by atoms with Gasteiger partial charge < -0.3 is 10.5 Å². The number of ether oxygens (including phenoxy) is 1. The molecule has 102 valence electrons. The minimum atomic E-state index is -0.414. The van der Waals surface area contributed by atoms with E-state index in [0.29, 0.717) is 10.6 Å². The third kappa shape index (κ3) is 1.82. The number of hydrogen-bond donors (Lipinski definition) is 1. The third-order valence-electron chi connectivity index (χ3n) is 3.35. The van der Waals surface area contributed by atoms with Gasteiger partial charge >= 0.3 is 5.97 Å². The number of aryl methyl sites for hydroxylation is 2. The maximum Gasteiger partial charge on any atom is 0.350 e.